The number of allylic oxidation sites excluding steroid dienone is 3. The predicted molar refractivity (Wildman–Crippen MR) is 49.4 cm³/mol. The summed E-state index contributed by atoms with van der Waals surface area (Å²) in [5.74, 6) is 1.92. The van der Waals surface area contributed by atoms with Crippen molar-refractivity contribution in [2.75, 3.05) is 12.0 Å². The van der Waals surface area contributed by atoms with Gasteiger partial charge in [-0.2, -0.15) is 11.8 Å². The fourth-order valence-corrected chi connectivity index (χ4v) is 1.71. The highest BCUT2D eigenvalue weighted by atomic mass is 32.2. The van der Waals surface area contributed by atoms with Crippen molar-refractivity contribution in [3.63, 3.8) is 0 Å². The molecule has 56 valence electrons. The summed E-state index contributed by atoms with van der Waals surface area (Å²) in [6.45, 7) is 2.27. The Kier molecular flexibility index (Phi) is 3.07. The van der Waals surface area contributed by atoms with E-state index in [1.165, 1.54) is 17.7 Å². The van der Waals surface area contributed by atoms with E-state index in [0.717, 1.165) is 5.92 Å². The second kappa shape index (κ2) is 3.87. The second-order valence-electron chi connectivity index (χ2n) is 2.79. The third-order valence-electron chi connectivity index (χ3n) is 1.65. The van der Waals surface area contributed by atoms with Crippen LogP contribution in [0.5, 0.6) is 0 Å². The van der Waals surface area contributed by atoms with Crippen molar-refractivity contribution in [1.82, 2.24) is 0 Å². The van der Waals surface area contributed by atoms with Gasteiger partial charge in [0.1, 0.15) is 0 Å². The van der Waals surface area contributed by atoms with Gasteiger partial charge in [0.15, 0.2) is 0 Å². The molecule has 1 atom stereocenters. The van der Waals surface area contributed by atoms with Gasteiger partial charge in [0.25, 0.3) is 0 Å². The van der Waals surface area contributed by atoms with E-state index in [4.69, 9.17) is 0 Å². The molecule has 0 N–H and O–H groups in total. The maximum absolute atomic E-state index is 2.37. The lowest BCUT2D eigenvalue weighted by atomic mass is 9.99. The fraction of sp³-hybridized carbons (Fsp3) is 0.556. The molecule has 0 spiro atoms. The third-order valence-corrected chi connectivity index (χ3v) is 2.27. The summed E-state index contributed by atoms with van der Waals surface area (Å²) in [5.41, 5.74) is 1.49. The van der Waals surface area contributed by atoms with Gasteiger partial charge in [-0.1, -0.05) is 25.2 Å². The quantitative estimate of drug-likeness (QED) is 0.589. The lowest BCUT2D eigenvalue weighted by Crippen LogP contribution is -1.96. The molecule has 0 heterocycles. The van der Waals surface area contributed by atoms with Crippen molar-refractivity contribution < 1.29 is 0 Å². The minimum Gasteiger partial charge on any atom is -0.161 e. The average Bonchev–Trinajstić information content (AvgIpc) is 1.88. The van der Waals surface area contributed by atoms with Crippen LogP contribution in [0.2, 0.25) is 0 Å². The Labute approximate surface area is 67.4 Å². The lowest BCUT2D eigenvalue weighted by molar-refractivity contribution is 0.730. The molecule has 0 saturated carbocycles. The molecular weight excluding hydrogens is 140 g/mol. The van der Waals surface area contributed by atoms with Gasteiger partial charge in [-0.25, -0.2) is 0 Å². The Morgan fingerprint density at radius 1 is 1.70 bits per heavy atom. The molecule has 0 aromatic rings. The van der Waals surface area contributed by atoms with Crippen molar-refractivity contribution in [1.29, 1.82) is 0 Å². The van der Waals surface area contributed by atoms with Crippen LogP contribution in [0, 0.1) is 5.92 Å². The Hall–Kier alpha value is -0.170. The molecule has 0 aliphatic heterocycles. The highest BCUT2D eigenvalue weighted by Gasteiger charge is 2.02. The van der Waals surface area contributed by atoms with E-state index in [2.05, 4.69) is 31.4 Å². The number of rotatable bonds is 2. The van der Waals surface area contributed by atoms with E-state index in [0.29, 0.717) is 0 Å². The normalized spacial score (nSPS) is 24.6. The van der Waals surface area contributed by atoms with Crippen molar-refractivity contribution >= 4 is 11.8 Å². The first-order valence-electron chi connectivity index (χ1n) is 3.69. The van der Waals surface area contributed by atoms with Crippen LogP contribution in [0.25, 0.3) is 0 Å². The average molecular weight is 154 g/mol. The molecule has 0 aromatic heterocycles. The Morgan fingerprint density at radius 2 is 2.50 bits per heavy atom. The van der Waals surface area contributed by atoms with Crippen LogP contribution >= 0.6 is 11.8 Å². The van der Waals surface area contributed by atoms with E-state index in [9.17, 15) is 0 Å². The number of thioether (sulfide) groups is 1. The molecule has 0 nitrogen and oxygen atoms in total. The molecule has 1 aliphatic carbocycles. The van der Waals surface area contributed by atoms with Crippen molar-refractivity contribution in [3.05, 3.63) is 23.8 Å². The summed E-state index contributed by atoms with van der Waals surface area (Å²) in [6, 6.07) is 0. The number of hydrogen-bond acceptors (Lipinski definition) is 1. The van der Waals surface area contributed by atoms with E-state index in [1.807, 2.05) is 11.8 Å². The van der Waals surface area contributed by atoms with Crippen LogP contribution in [0.1, 0.15) is 13.3 Å². The zero-order chi connectivity index (χ0) is 7.40. The molecular formula is C9H14S. The van der Waals surface area contributed by atoms with Gasteiger partial charge < -0.3 is 0 Å². The topological polar surface area (TPSA) is 0 Å². The zero-order valence-electron chi connectivity index (χ0n) is 6.63. The van der Waals surface area contributed by atoms with Crippen molar-refractivity contribution in [3.8, 4) is 0 Å². The summed E-state index contributed by atoms with van der Waals surface area (Å²) in [5, 5.41) is 0. The van der Waals surface area contributed by atoms with Gasteiger partial charge in [0.05, 0.1) is 0 Å². The smallest absolute Gasteiger partial charge is 0.0178 e. The van der Waals surface area contributed by atoms with Gasteiger partial charge >= 0.3 is 0 Å². The maximum Gasteiger partial charge on any atom is 0.0178 e. The lowest BCUT2D eigenvalue weighted by Gasteiger charge is -2.10. The van der Waals surface area contributed by atoms with E-state index in [1.54, 1.807) is 0 Å². The minimum absolute atomic E-state index is 0.757. The molecule has 1 rings (SSSR count). The molecule has 0 fully saturated rings. The molecule has 0 amide bonds. The Balaban J connectivity index is 2.49. The molecule has 0 bridgehead atoms. The standard InChI is InChI=1S/C9H14S/c1-8-4-3-5-9(6-8)7-10-2/h3,5-6,8H,4,7H2,1-2H3. The molecule has 10 heavy (non-hydrogen) atoms. The first kappa shape index (κ1) is 7.93. The van der Waals surface area contributed by atoms with Gasteiger partial charge in [-0.05, 0) is 24.2 Å². The zero-order valence-corrected chi connectivity index (χ0v) is 7.45. The summed E-state index contributed by atoms with van der Waals surface area (Å²) >= 11 is 1.89. The second-order valence-corrected chi connectivity index (χ2v) is 3.66. The van der Waals surface area contributed by atoms with Gasteiger partial charge in [-0.15, -0.1) is 0 Å². The van der Waals surface area contributed by atoms with Gasteiger partial charge in [0, 0.05) is 5.75 Å². The molecule has 0 aromatic carbocycles. The summed E-state index contributed by atoms with van der Waals surface area (Å²) in [7, 11) is 0. The molecule has 1 aliphatic rings. The van der Waals surface area contributed by atoms with Crippen molar-refractivity contribution in [2.45, 2.75) is 13.3 Å². The molecule has 0 saturated heterocycles. The van der Waals surface area contributed by atoms with Crippen LogP contribution in [-0.4, -0.2) is 12.0 Å². The Bertz CT molecular complexity index is 156. The van der Waals surface area contributed by atoms with E-state index in [-0.39, 0.29) is 0 Å². The SMILES string of the molecule is CSCC1=CC(C)CC=C1. The van der Waals surface area contributed by atoms with E-state index >= 15 is 0 Å². The van der Waals surface area contributed by atoms with Gasteiger partial charge in [0.2, 0.25) is 0 Å². The Morgan fingerprint density at radius 3 is 3.10 bits per heavy atom. The summed E-state index contributed by atoms with van der Waals surface area (Å²) in [6.07, 6.45) is 10.3. The monoisotopic (exact) mass is 154 g/mol. The number of hydrogen-bond donors (Lipinski definition) is 0. The summed E-state index contributed by atoms with van der Waals surface area (Å²) in [4.78, 5) is 0. The van der Waals surface area contributed by atoms with Crippen LogP contribution in [0.3, 0.4) is 0 Å². The summed E-state index contributed by atoms with van der Waals surface area (Å²) < 4.78 is 0. The fourth-order valence-electron chi connectivity index (χ4n) is 1.19. The highest BCUT2D eigenvalue weighted by Crippen LogP contribution is 2.17. The molecule has 1 unspecified atom stereocenters. The van der Waals surface area contributed by atoms with Crippen LogP contribution in [0.15, 0.2) is 23.8 Å². The largest absolute Gasteiger partial charge is 0.161 e. The maximum atomic E-state index is 2.37. The minimum atomic E-state index is 0.757. The van der Waals surface area contributed by atoms with Crippen LogP contribution in [0.4, 0.5) is 0 Å². The third kappa shape index (κ3) is 2.22. The molecule has 0 radical (unpaired) electrons. The first-order chi connectivity index (χ1) is 4.83. The van der Waals surface area contributed by atoms with E-state index < -0.39 is 0 Å². The van der Waals surface area contributed by atoms with Crippen LogP contribution < -0.4 is 0 Å². The van der Waals surface area contributed by atoms with Gasteiger partial charge in [-0.3, -0.25) is 0 Å². The first-order valence-corrected chi connectivity index (χ1v) is 5.08. The highest BCUT2D eigenvalue weighted by molar-refractivity contribution is 7.98. The molecule has 1 heteroatoms. The van der Waals surface area contributed by atoms with Crippen molar-refractivity contribution in [2.24, 2.45) is 5.92 Å². The van der Waals surface area contributed by atoms with Crippen LogP contribution in [-0.2, 0) is 0 Å². The predicted octanol–water partition coefficient (Wildman–Crippen LogP) is 2.87.